The van der Waals surface area contributed by atoms with Crippen molar-refractivity contribution in [3.8, 4) is 5.88 Å². The Bertz CT molecular complexity index is 1480. The van der Waals surface area contributed by atoms with Gasteiger partial charge in [0.1, 0.15) is 11.8 Å². The van der Waals surface area contributed by atoms with Crippen molar-refractivity contribution in [2.24, 2.45) is 0 Å². The zero-order valence-corrected chi connectivity index (χ0v) is 24.3. The Morgan fingerprint density at radius 3 is 2.41 bits per heavy atom. The van der Waals surface area contributed by atoms with Gasteiger partial charge >= 0.3 is 0 Å². The summed E-state index contributed by atoms with van der Waals surface area (Å²) in [6, 6.07) is 12.6. The number of nitrogens with zero attached hydrogens (tertiary/aromatic N) is 4. The van der Waals surface area contributed by atoms with E-state index < -0.39 is 16.1 Å². The van der Waals surface area contributed by atoms with Crippen LogP contribution in [0.4, 0.5) is 5.69 Å². The van der Waals surface area contributed by atoms with Gasteiger partial charge in [-0.2, -0.15) is 0 Å². The number of likely N-dealkylation sites (N-methyl/N-ethyl adjacent to an activating group) is 1. The first kappa shape index (κ1) is 28.1. The monoisotopic (exact) mass is 608 g/mol. The van der Waals surface area contributed by atoms with Crippen LogP contribution in [0.2, 0.25) is 15.1 Å². The first-order valence-corrected chi connectivity index (χ1v) is 15.0. The first-order chi connectivity index (χ1) is 18.6. The van der Waals surface area contributed by atoms with Gasteiger partial charge in [-0.15, -0.1) is 0 Å². The predicted octanol–water partition coefficient (Wildman–Crippen LogP) is 4.67. The van der Waals surface area contributed by atoms with E-state index in [1.165, 1.54) is 22.6 Å². The minimum absolute atomic E-state index is 0.0607. The lowest BCUT2D eigenvalue weighted by molar-refractivity contribution is 0.0911. The second-order valence-corrected chi connectivity index (χ2v) is 12.8. The quantitative estimate of drug-likeness (QED) is 0.360. The SMILES string of the molecule is CN1CCN(C[C@H]2CN(S(=O)(=O)c3cccc(Cl)c3)c3cc(CC(=O)c4c(Cl)cccc4Cl)cnc3O2)CC1. The van der Waals surface area contributed by atoms with E-state index in [-0.39, 0.29) is 50.8 Å². The maximum Gasteiger partial charge on any atom is 0.264 e. The van der Waals surface area contributed by atoms with Crippen LogP contribution < -0.4 is 9.04 Å². The molecule has 1 fully saturated rings. The zero-order valence-electron chi connectivity index (χ0n) is 21.2. The molecule has 39 heavy (non-hydrogen) atoms. The highest BCUT2D eigenvalue weighted by Gasteiger charge is 2.37. The smallest absolute Gasteiger partial charge is 0.264 e. The second-order valence-electron chi connectivity index (χ2n) is 9.70. The molecule has 206 valence electrons. The van der Waals surface area contributed by atoms with Gasteiger partial charge in [-0.3, -0.25) is 14.0 Å². The number of hydrogen-bond donors (Lipinski definition) is 0. The number of aromatic nitrogens is 1. The highest BCUT2D eigenvalue weighted by atomic mass is 35.5. The average molecular weight is 610 g/mol. The van der Waals surface area contributed by atoms with Crippen LogP contribution >= 0.6 is 34.8 Å². The van der Waals surface area contributed by atoms with Crippen LogP contribution in [0, 0.1) is 0 Å². The number of ether oxygens (including phenoxy) is 1. The van der Waals surface area contributed by atoms with Crippen LogP contribution in [0.3, 0.4) is 0 Å². The molecule has 2 aliphatic heterocycles. The van der Waals surface area contributed by atoms with Gasteiger partial charge in [0.15, 0.2) is 5.78 Å². The molecule has 0 radical (unpaired) electrons. The van der Waals surface area contributed by atoms with Gasteiger partial charge in [-0.1, -0.05) is 46.9 Å². The van der Waals surface area contributed by atoms with Crippen molar-refractivity contribution in [2.75, 3.05) is 50.6 Å². The van der Waals surface area contributed by atoms with Crippen molar-refractivity contribution in [3.63, 3.8) is 0 Å². The first-order valence-electron chi connectivity index (χ1n) is 12.4. The molecule has 2 aliphatic rings. The van der Waals surface area contributed by atoms with E-state index in [9.17, 15) is 13.2 Å². The molecule has 5 rings (SSSR count). The van der Waals surface area contributed by atoms with Gasteiger partial charge < -0.3 is 9.64 Å². The van der Waals surface area contributed by atoms with Gasteiger partial charge in [0.2, 0.25) is 5.88 Å². The number of hydrogen-bond acceptors (Lipinski definition) is 7. The predicted molar refractivity (Wildman–Crippen MR) is 153 cm³/mol. The number of sulfonamides is 1. The number of benzene rings is 2. The summed E-state index contributed by atoms with van der Waals surface area (Å²) in [4.78, 5) is 22.1. The zero-order chi connectivity index (χ0) is 27.7. The second kappa shape index (κ2) is 11.6. The van der Waals surface area contributed by atoms with Crippen molar-refractivity contribution in [1.82, 2.24) is 14.8 Å². The molecule has 0 bridgehead atoms. The third kappa shape index (κ3) is 6.19. The number of halogens is 3. The molecule has 1 atom stereocenters. The van der Waals surface area contributed by atoms with Crippen LogP contribution in [-0.4, -0.2) is 81.4 Å². The molecule has 0 N–H and O–H groups in total. The number of rotatable bonds is 7. The van der Waals surface area contributed by atoms with Crippen LogP contribution in [0.5, 0.6) is 5.88 Å². The number of piperazine rings is 1. The van der Waals surface area contributed by atoms with Crippen LogP contribution in [-0.2, 0) is 16.4 Å². The molecular weight excluding hydrogens is 583 g/mol. The molecule has 3 heterocycles. The topological polar surface area (TPSA) is 83.0 Å². The van der Waals surface area contributed by atoms with E-state index in [4.69, 9.17) is 39.5 Å². The maximum absolute atomic E-state index is 13.9. The van der Waals surface area contributed by atoms with E-state index in [1.54, 1.807) is 36.4 Å². The standard InChI is InChI=1S/C27H27Cl3N4O4S/c1-32-8-10-33(11-9-32)16-20-17-34(39(36,37)21-5-2-4-19(28)14-21)24-12-18(15-31-27(24)38-20)13-25(35)26-22(29)6-3-7-23(26)30/h2-7,12,14-15,20H,8-11,13,16-17H2,1H3/t20-/m0/s1. The Hall–Kier alpha value is -2.40. The molecule has 1 saturated heterocycles. The summed E-state index contributed by atoms with van der Waals surface area (Å²) in [5, 5.41) is 0.810. The third-order valence-electron chi connectivity index (χ3n) is 6.85. The molecule has 0 unspecified atom stereocenters. The Labute approximate surface area is 243 Å². The van der Waals surface area contributed by atoms with E-state index in [2.05, 4.69) is 21.8 Å². The molecular formula is C27H27Cl3N4O4S. The fourth-order valence-electron chi connectivity index (χ4n) is 4.76. The van der Waals surface area contributed by atoms with Gasteiger partial charge in [-0.25, -0.2) is 13.4 Å². The summed E-state index contributed by atoms with van der Waals surface area (Å²) in [7, 11) is -1.94. The van der Waals surface area contributed by atoms with Crippen LogP contribution in [0.25, 0.3) is 0 Å². The number of fused-ring (bicyclic) bond motifs is 1. The van der Waals surface area contributed by atoms with E-state index >= 15 is 0 Å². The van der Waals surface area contributed by atoms with E-state index in [0.717, 1.165) is 26.2 Å². The molecule has 0 spiro atoms. The molecule has 0 amide bonds. The van der Waals surface area contributed by atoms with Crippen molar-refractivity contribution in [1.29, 1.82) is 0 Å². The summed E-state index contributed by atoms with van der Waals surface area (Å²) in [6.45, 7) is 4.23. The van der Waals surface area contributed by atoms with Crippen LogP contribution in [0.15, 0.2) is 59.6 Å². The number of ketones is 1. The van der Waals surface area contributed by atoms with Crippen LogP contribution in [0.1, 0.15) is 15.9 Å². The van der Waals surface area contributed by atoms with Crippen molar-refractivity contribution < 1.29 is 17.9 Å². The van der Waals surface area contributed by atoms with E-state index in [1.807, 2.05) is 0 Å². The molecule has 0 saturated carbocycles. The summed E-state index contributed by atoms with van der Waals surface area (Å²) < 4.78 is 35.3. The lowest BCUT2D eigenvalue weighted by Crippen LogP contribution is -2.52. The highest BCUT2D eigenvalue weighted by molar-refractivity contribution is 7.92. The third-order valence-corrected chi connectivity index (χ3v) is 9.49. The molecule has 1 aromatic heterocycles. The molecule has 0 aliphatic carbocycles. The Morgan fingerprint density at radius 1 is 1.03 bits per heavy atom. The fraction of sp³-hybridized carbons (Fsp3) is 0.333. The number of carbonyl (C=O) groups is 1. The minimum atomic E-state index is -4.02. The number of anilines is 1. The summed E-state index contributed by atoms with van der Waals surface area (Å²) >= 11 is 18.6. The van der Waals surface area contributed by atoms with Gasteiger partial charge in [0.05, 0.1) is 27.0 Å². The summed E-state index contributed by atoms with van der Waals surface area (Å²) in [5.41, 5.74) is 0.979. The van der Waals surface area contributed by atoms with E-state index in [0.29, 0.717) is 17.1 Å². The normalized spacial score (nSPS) is 18.5. The van der Waals surface area contributed by atoms with Gasteiger partial charge in [0, 0.05) is 50.4 Å². The summed E-state index contributed by atoms with van der Waals surface area (Å²) in [5.74, 6) is -0.112. The molecule has 8 nitrogen and oxygen atoms in total. The fourth-order valence-corrected chi connectivity index (χ4v) is 7.16. The Balaban J connectivity index is 1.48. The van der Waals surface area contributed by atoms with Gasteiger partial charge in [-0.05, 0) is 49.0 Å². The van der Waals surface area contributed by atoms with Crippen molar-refractivity contribution >= 4 is 56.3 Å². The maximum atomic E-state index is 13.9. The molecule has 12 heteroatoms. The molecule has 2 aromatic carbocycles. The Morgan fingerprint density at radius 2 is 1.72 bits per heavy atom. The number of Topliss-reactive ketones (excluding diaryl/α,β-unsaturated/α-hetero) is 1. The minimum Gasteiger partial charge on any atom is -0.470 e. The van der Waals surface area contributed by atoms with Gasteiger partial charge in [0.25, 0.3) is 10.0 Å². The lowest BCUT2D eigenvalue weighted by Gasteiger charge is -2.39. The lowest BCUT2D eigenvalue weighted by atomic mass is 10.0. The highest BCUT2D eigenvalue weighted by Crippen LogP contribution is 2.37. The summed E-state index contributed by atoms with van der Waals surface area (Å²) in [6.07, 6.45) is 1.01. The van der Waals surface area contributed by atoms with Crippen molar-refractivity contribution in [3.05, 3.63) is 80.9 Å². The number of pyridine rings is 1. The van der Waals surface area contributed by atoms with Crippen molar-refractivity contribution in [2.45, 2.75) is 17.4 Å². The largest absolute Gasteiger partial charge is 0.470 e. The number of carbonyl (C=O) groups excluding carboxylic acids is 1. The molecule has 3 aromatic rings. The average Bonchev–Trinajstić information content (AvgIpc) is 2.89. The Kier molecular flexibility index (Phi) is 8.37.